The number of nitrogens with zero attached hydrogens (tertiary/aromatic N) is 2. The lowest BCUT2D eigenvalue weighted by molar-refractivity contribution is -0.115. The Balaban J connectivity index is 1.95. The lowest BCUT2D eigenvalue weighted by Gasteiger charge is -2.10. The summed E-state index contributed by atoms with van der Waals surface area (Å²) < 4.78 is 0. The number of carbonyl (C=O) groups is 1. The number of thiophene rings is 1. The second-order valence-corrected chi connectivity index (χ2v) is 5.57. The van der Waals surface area contributed by atoms with Gasteiger partial charge in [0.25, 0.3) is 0 Å². The molecule has 0 fully saturated rings. The van der Waals surface area contributed by atoms with Crippen LogP contribution in [0, 0.1) is 29.1 Å². The van der Waals surface area contributed by atoms with Crippen LogP contribution in [0.4, 0.5) is 0 Å². The van der Waals surface area contributed by atoms with E-state index in [1.54, 1.807) is 25.6 Å². The molecular formula is C16H14N3OS. The van der Waals surface area contributed by atoms with Gasteiger partial charge in [0.05, 0.1) is 5.71 Å². The van der Waals surface area contributed by atoms with E-state index in [0.29, 0.717) is 4.88 Å². The van der Waals surface area contributed by atoms with E-state index in [-0.39, 0.29) is 23.8 Å². The standard InChI is InChI=1S/C16H14N3OS/c1-11(6-13-4-2-3-5-19-13)16(20)15(18)8-12-7-14(9-17)21-10-12/h2-7,10-11,18H,8H2,1H3/t11-/m0/s1. The third kappa shape index (κ3) is 4.07. The van der Waals surface area contributed by atoms with E-state index < -0.39 is 0 Å². The van der Waals surface area contributed by atoms with Crippen molar-refractivity contribution in [1.82, 2.24) is 4.98 Å². The molecule has 0 amide bonds. The predicted molar refractivity (Wildman–Crippen MR) is 82.3 cm³/mol. The zero-order valence-corrected chi connectivity index (χ0v) is 12.4. The second kappa shape index (κ2) is 6.91. The highest BCUT2D eigenvalue weighted by atomic mass is 32.1. The van der Waals surface area contributed by atoms with Crippen molar-refractivity contribution in [3.8, 4) is 6.07 Å². The molecule has 21 heavy (non-hydrogen) atoms. The lowest BCUT2D eigenvalue weighted by Crippen LogP contribution is -2.23. The Kier molecular flexibility index (Phi) is 4.96. The summed E-state index contributed by atoms with van der Waals surface area (Å²) in [5.74, 6) is -0.605. The molecule has 0 aromatic carbocycles. The van der Waals surface area contributed by atoms with Crippen LogP contribution < -0.4 is 0 Å². The summed E-state index contributed by atoms with van der Waals surface area (Å²) in [5.41, 5.74) is 1.62. The number of Topliss-reactive ketones (excluding diaryl/α,β-unsaturated/α-hetero) is 1. The molecule has 0 saturated carbocycles. The van der Waals surface area contributed by atoms with Gasteiger partial charge < -0.3 is 5.41 Å². The van der Waals surface area contributed by atoms with E-state index in [9.17, 15) is 4.79 Å². The average Bonchev–Trinajstić information content (AvgIpc) is 2.95. The molecule has 105 valence electrons. The van der Waals surface area contributed by atoms with Crippen LogP contribution in [-0.4, -0.2) is 16.5 Å². The molecule has 2 heterocycles. The van der Waals surface area contributed by atoms with Gasteiger partial charge in [0.1, 0.15) is 10.9 Å². The maximum atomic E-state index is 12.2. The number of rotatable bonds is 6. The van der Waals surface area contributed by atoms with Crippen LogP contribution in [0.1, 0.15) is 23.1 Å². The molecule has 0 aliphatic heterocycles. The van der Waals surface area contributed by atoms with Gasteiger partial charge in [-0.25, -0.2) is 0 Å². The minimum Gasteiger partial charge on any atom is -0.301 e. The molecular weight excluding hydrogens is 282 g/mol. The molecule has 0 aliphatic carbocycles. The van der Waals surface area contributed by atoms with Crippen LogP contribution in [0.5, 0.6) is 0 Å². The van der Waals surface area contributed by atoms with E-state index >= 15 is 0 Å². The normalized spacial score (nSPS) is 11.6. The fourth-order valence-corrected chi connectivity index (χ4v) is 2.60. The van der Waals surface area contributed by atoms with Crippen LogP contribution in [0.3, 0.4) is 0 Å². The topological polar surface area (TPSA) is 77.6 Å². The lowest BCUT2D eigenvalue weighted by atomic mass is 9.94. The highest BCUT2D eigenvalue weighted by Gasteiger charge is 2.19. The molecule has 0 aliphatic rings. The molecule has 4 nitrogen and oxygen atoms in total. The van der Waals surface area contributed by atoms with Gasteiger partial charge in [0, 0.05) is 30.7 Å². The molecule has 0 saturated heterocycles. The van der Waals surface area contributed by atoms with Crippen LogP contribution in [0.15, 0.2) is 35.8 Å². The molecule has 0 bridgehead atoms. The number of nitriles is 1. The van der Waals surface area contributed by atoms with E-state index in [4.69, 9.17) is 10.7 Å². The fraction of sp³-hybridized carbons (Fsp3) is 0.188. The Hall–Kier alpha value is -2.32. The van der Waals surface area contributed by atoms with E-state index in [0.717, 1.165) is 11.3 Å². The number of carbonyl (C=O) groups excluding carboxylic acids is 1. The zero-order chi connectivity index (χ0) is 15.2. The Labute approximate surface area is 127 Å². The van der Waals surface area contributed by atoms with Crippen molar-refractivity contribution in [3.63, 3.8) is 0 Å². The summed E-state index contributed by atoms with van der Waals surface area (Å²) in [6, 6.07) is 9.27. The average molecular weight is 296 g/mol. The first-order chi connectivity index (χ1) is 10.1. The number of aromatic nitrogens is 1. The van der Waals surface area contributed by atoms with Gasteiger partial charge in [-0.2, -0.15) is 5.26 Å². The van der Waals surface area contributed by atoms with Gasteiger partial charge in [-0.05, 0) is 29.1 Å². The highest BCUT2D eigenvalue weighted by molar-refractivity contribution is 7.10. The predicted octanol–water partition coefficient (Wildman–Crippen LogP) is 3.03. The molecule has 1 N–H and O–H groups in total. The van der Waals surface area contributed by atoms with Crippen molar-refractivity contribution in [2.24, 2.45) is 5.92 Å². The second-order valence-electron chi connectivity index (χ2n) is 4.66. The number of ketones is 1. The van der Waals surface area contributed by atoms with Gasteiger partial charge in [-0.1, -0.05) is 13.0 Å². The molecule has 5 heteroatoms. The zero-order valence-electron chi connectivity index (χ0n) is 11.5. The maximum absolute atomic E-state index is 12.2. The van der Waals surface area contributed by atoms with Crippen molar-refractivity contribution in [2.45, 2.75) is 13.3 Å². The van der Waals surface area contributed by atoms with Gasteiger partial charge in [0.15, 0.2) is 5.78 Å². The van der Waals surface area contributed by atoms with E-state index in [1.807, 2.05) is 23.6 Å². The van der Waals surface area contributed by atoms with Crippen LogP contribution in [-0.2, 0) is 11.2 Å². The van der Waals surface area contributed by atoms with E-state index in [1.165, 1.54) is 11.3 Å². The van der Waals surface area contributed by atoms with Crippen molar-refractivity contribution in [3.05, 3.63) is 58.4 Å². The number of pyridine rings is 1. The summed E-state index contributed by atoms with van der Waals surface area (Å²) in [4.78, 5) is 16.9. The molecule has 1 radical (unpaired) electrons. The van der Waals surface area contributed by atoms with Crippen LogP contribution in [0.2, 0.25) is 0 Å². The van der Waals surface area contributed by atoms with Crippen molar-refractivity contribution in [1.29, 1.82) is 10.7 Å². The third-order valence-corrected chi connectivity index (χ3v) is 3.85. The van der Waals surface area contributed by atoms with Gasteiger partial charge in [-0.3, -0.25) is 9.78 Å². The molecule has 0 unspecified atom stereocenters. The third-order valence-electron chi connectivity index (χ3n) is 2.96. The number of hydrogen-bond acceptors (Lipinski definition) is 5. The summed E-state index contributed by atoms with van der Waals surface area (Å²) in [6.07, 6.45) is 3.69. The van der Waals surface area contributed by atoms with Crippen molar-refractivity contribution in [2.75, 3.05) is 0 Å². The smallest absolute Gasteiger partial charge is 0.180 e. The summed E-state index contributed by atoms with van der Waals surface area (Å²) in [5, 5.41) is 18.5. The molecule has 0 spiro atoms. The first-order valence-electron chi connectivity index (χ1n) is 6.45. The van der Waals surface area contributed by atoms with Crippen LogP contribution >= 0.6 is 11.3 Å². The van der Waals surface area contributed by atoms with Gasteiger partial charge >= 0.3 is 0 Å². The largest absolute Gasteiger partial charge is 0.301 e. The highest BCUT2D eigenvalue weighted by Crippen LogP contribution is 2.16. The Morgan fingerprint density at radius 3 is 3.00 bits per heavy atom. The summed E-state index contributed by atoms with van der Waals surface area (Å²) in [6.45, 7) is 1.76. The maximum Gasteiger partial charge on any atom is 0.180 e. The Morgan fingerprint density at radius 1 is 1.57 bits per heavy atom. The summed E-state index contributed by atoms with van der Waals surface area (Å²) >= 11 is 1.33. The first-order valence-corrected chi connectivity index (χ1v) is 7.33. The molecule has 2 aromatic heterocycles. The molecule has 2 rings (SSSR count). The Bertz CT molecular complexity index is 685. The minimum absolute atomic E-state index is 0.0528. The Morgan fingerprint density at radius 2 is 2.38 bits per heavy atom. The van der Waals surface area contributed by atoms with E-state index in [2.05, 4.69) is 11.1 Å². The number of nitrogens with one attached hydrogen (secondary N) is 1. The summed E-state index contributed by atoms with van der Waals surface area (Å²) in [7, 11) is 0. The monoisotopic (exact) mass is 296 g/mol. The van der Waals surface area contributed by atoms with Gasteiger partial charge in [-0.15, -0.1) is 11.3 Å². The SMILES string of the molecule is C[C@@H]([CH]c1ccccn1)C(=O)C(=N)Cc1csc(C#N)c1. The van der Waals surface area contributed by atoms with Crippen LogP contribution in [0.25, 0.3) is 0 Å². The number of hydrogen-bond donors (Lipinski definition) is 1. The van der Waals surface area contributed by atoms with Crippen molar-refractivity contribution >= 4 is 22.8 Å². The minimum atomic E-state index is -0.388. The van der Waals surface area contributed by atoms with Gasteiger partial charge in [0.2, 0.25) is 0 Å². The van der Waals surface area contributed by atoms with Crippen molar-refractivity contribution < 1.29 is 4.79 Å². The molecule has 1 atom stereocenters. The fourth-order valence-electron chi connectivity index (χ4n) is 1.90. The first kappa shape index (κ1) is 15.1. The molecule has 2 aromatic rings. The quantitative estimate of drug-likeness (QED) is 0.832.